The Kier molecular flexibility index (Phi) is 2.67. The van der Waals surface area contributed by atoms with Gasteiger partial charge in [-0.15, -0.1) is 0 Å². The van der Waals surface area contributed by atoms with Crippen LogP contribution in [0.1, 0.15) is 24.3 Å². The molecule has 0 unspecified atom stereocenters. The van der Waals surface area contributed by atoms with Crippen molar-refractivity contribution in [3.63, 3.8) is 0 Å². The molecular formula is C8H12N2O3. The molecule has 72 valence electrons. The summed E-state index contributed by atoms with van der Waals surface area (Å²) in [4.78, 5) is 11.3. The highest BCUT2D eigenvalue weighted by atomic mass is 16.5. The molecule has 0 saturated carbocycles. The highest BCUT2D eigenvalue weighted by Crippen LogP contribution is 2.02. The molecule has 0 aliphatic heterocycles. The number of aliphatic hydroxyl groups excluding tert-OH is 1. The Balaban J connectivity index is 2.61. The Morgan fingerprint density at radius 1 is 1.77 bits per heavy atom. The Hall–Kier alpha value is -1.36. The Morgan fingerprint density at radius 2 is 2.46 bits per heavy atom. The molecular weight excluding hydrogens is 172 g/mol. The molecule has 2 N–H and O–H groups in total. The van der Waals surface area contributed by atoms with Gasteiger partial charge in [-0.2, -0.15) is 0 Å². The number of aliphatic hydroxyl groups is 1. The molecule has 0 fully saturated rings. The summed E-state index contributed by atoms with van der Waals surface area (Å²) in [7, 11) is 0. The van der Waals surface area contributed by atoms with E-state index < -0.39 is 5.54 Å². The standard InChI is InChI=1S/C8H12N2O3/c1-8(2,5-11)9-7(12)6-3-4-13-10-6/h3-4,11H,5H2,1-2H3,(H,9,12). The van der Waals surface area contributed by atoms with Crippen LogP contribution in [-0.4, -0.2) is 28.3 Å². The lowest BCUT2D eigenvalue weighted by molar-refractivity contribution is 0.0860. The third kappa shape index (κ3) is 2.55. The molecule has 0 spiro atoms. The van der Waals surface area contributed by atoms with Crippen LogP contribution in [0.4, 0.5) is 0 Å². The maximum absolute atomic E-state index is 11.3. The predicted molar refractivity (Wildman–Crippen MR) is 45.1 cm³/mol. The van der Waals surface area contributed by atoms with Gasteiger partial charge in [-0.1, -0.05) is 5.16 Å². The highest BCUT2D eigenvalue weighted by Gasteiger charge is 2.21. The zero-order valence-corrected chi connectivity index (χ0v) is 7.57. The molecule has 13 heavy (non-hydrogen) atoms. The number of amides is 1. The van der Waals surface area contributed by atoms with Crippen molar-refractivity contribution in [3.05, 3.63) is 18.0 Å². The quantitative estimate of drug-likeness (QED) is 0.702. The molecule has 0 bridgehead atoms. The van der Waals surface area contributed by atoms with Crippen LogP contribution in [0.3, 0.4) is 0 Å². The van der Waals surface area contributed by atoms with Crippen LogP contribution in [0.15, 0.2) is 16.9 Å². The lowest BCUT2D eigenvalue weighted by Gasteiger charge is -2.22. The minimum atomic E-state index is -0.643. The monoisotopic (exact) mass is 184 g/mol. The lowest BCUT2D eigenvalue weighted by Crippen LogP contribution is -2.46. The van der Waals surface area contributed by atoms with Gasteiger partial charge in [-0.3, -0.25) is 4.79 Å². The summed E-state index contributed by atoms with van der Waals surface area (Å²) in [6.45, 7) is 3.30. The molecule has 1 aromatic heterocycles. The molecule has 0 aromatic carbocycles. The molecule has 1 amide bonds. The minimum absolute atomic E-state index is 0.128. The fourth-order valence-corrected chi connectivity index (χ4v) is 0.741. The van der Waals surface area contributed by atoms with Crippen LogP contribution in [0, 0.1) is 0 Å². The van der Waals surface area contributed by atoms with Gasteiger partial charge in [0.15, 0.2) is 5.69 Å². The molecule has 0 aliphatic rings. The average Bonchev–Trinajstić information content (AvgIpc) is 2.55. The fraction of sp³-hybridized carbons (Fsp3) is 0.500. The number of nitrogens with zero attached hydrogens (tertiary/aromatic N) is 1. The van der Waals surface area contributed by atoms with Gasteiger partial charge in [0.1, 0.15) is 6.26 Å². The van der Waals surface area contributed by atoms with Crippen LogP contribution in [-0.2, 0) is 0 Å². The molecule has 5 nitrogen and oxygen atoms in total. The molecule has 1 rings (SSSR count). The molecule has 5 heteroatoms. The van der Waals surface area contributed by atoms with Crippen molar-refractivity contribution in [2.45, 2.75) is 19.4 Å². The zero-order valence-electron chi connectivity index (χ0n) is 7.57. The Labute approximate surface area is 75.7 Å². The van der Waals surface area contributed by atoms with Gasteiger partial charge in [0.25, 0.3) is 5.91 Å². The highest BCUT2D eigenvalue weighted by molar-refractivity contribution is 5.92. The molecule has 0 aliphatic carbocycles. The zero-order chi connectivity index (χ0) is 9.90. The molecule has 0 radical (unpaired) electrons. The maximum atomic E-state index is 11.3. The second-order valence-electron chi connectivity index (χ2n) is 3.38. The van der Waals surface area contributed by atoms with E-state index in [1.54, 1.807) is 13.8 Å². The van der Waals surface area contributed by atoms with Crippen molar-refractivity contribution < 1.29 is 14.4 Å². The average molecular weight is 184 g/mol. The van der Waals surface area contributed by atoms with Crippen molar-refractivity contribution >= 4 is 5.91 Å². The van der Waals surface area contributed by atoms with Gasteiger partial charge in [0.2, 0.25) is 0 Å². The Morgan fingerprint density at radius 3 is 2.92 bits per heavy atom. The summed E-state index contributed by atoms with van der Waals surface area (Å²) in [5, 5.41) is 14.9. The first-order chi connectivity index (χ1) is 6.05. The lowest BCUT2D eigenvalue weighted by atomic mass is 10.1. The minimum Gasteiger partial charge on any atom is -0.394 e. The van der Waals surface area contributed by atoms with Crippen LogP contribution >= 0.6 is 0 Å². The largest absolute Gasteiger partial charge is 0.394 e. The number of rotatable bonds is 3. The van der Waals surface area contributed by atoms with Gasteiger partial charge >= 0.3 is 0 Å². The van der Waals surface area contributed by atoms with E-state index in [1.807, 2.05) is 0 Å². The van der Waals surface area contributed by atoms with E-state index in [1.165, 1.54) is 12.3 Å². The SMILES string of the molecule is CC(C)(CO)NC(=O)c1ccon1. The number of hydrogen-bond acceptors (Lipinski definition) is 4. The second kappa shape index (κ2) is 3.57. The summed E-state index contributed by atoms with van der Waals surface area (Å²) >= 11 is 0. The van der Waals surface area contributed by atoms with E-state index in [4.69, 9.17) is 5.11 Å². The van der Waals surface area contributed by atoms with Crippen LogP contribution < -0.4 is 5.32 Å². The van der Waals surface area contributed by atoms with Crippen molar-refractivity contribution in [2.75, 3.05) is 6.61 Å². The summed E-state index contributed by atoms with van der Waals surface area (Å²) in [5.41, 5.74) is -0.433. The van der Waals surface area contributed by atoms with Crippen molar-refractivity contribution in [1.29, 1.82) is 0 Å². The summed E-state index contributed by atoms with van der Waals surface area (Å²) in [6.07, 6.45) is 1.32. The first-order valence-electron chi connectivity index (χ1n) is 3.89. The van der Waals surface area contributed by atoms with E-state index in [9.17, 15) is 4.79 Å². The van der Waals surface area contributed by atoms with Crippen molar-refractivity contribution in [2.24, 2.45) is 0 Å². The fourth-order valence-electron chi connectivity index (χ4n) is 0.741. The predicted octanol–water partition coefficient (Wildman–Crippen LogP) is 0.175. The van der Waals surface area contributed by atoms with Crippen molar-refractivity contribution in [1.82, 2.24) is 10.5 Å². The molecule has 1 heterocycles. The van der Waals surface area contributed by atoms with E-state index >= 15 is 0 Å². The van der Waals surface area contributed by atoms with Crippen LogP contribution in [0.25, 0.3) is 0 Å². The van der Waals surface area contributed by atoms with E-state index in [0.29, 0.717) is 0 Å². The molecule has 0 saturated heterocycles. The van der Waals surface area contributed by atoms with E-state index in [0.717, 1.165) is 0 Å². The van der Waals surface area contributed by atoms with E-state index in [-0.39, 0.29) is 18.2 Å². The summed E-state index contributed by atoms with van der Waals surface area (Å²) in [6, 6.07) is 1.46. The summed E-state index contributed by atoms with van der Waals surface area (Å²) < 4.78 is 4.51. The van der Waals surface area contributed by atoms with Gasteiger partial charge in [0.05, 0.1) is 12.1 Å². The number of carbonyl (C=O) groups is 1. The number of carbonyl (C=O) groups excluding carboxylic acids is 1. The maximum Gasteiger partial charge on any atom is 0.273 e. The third-order valence-electron chi connectivity index (χ3n) is 1.52. The second-order valence-corrected chi connectivity index (χ2v) is 3.38. The normalized spacial score (nSPS) is 11.3. The number of hydrogen-bond donors (Lipinski definition) is 2. The van der Waals surface area contributed by atoms with Crippen molar-refractivity contribution in [3.8, 4) is 0 Å². The van der Waals surface area contributed by atoms with Gasteiger partial charge < -0.3 is 14.9 Å². The van der Waals surface area contributed by atoms with Crippen LogP contribution in [0.2, 0.25) is 0 Å². The van der Waals surface area contributed by atoms with Gasteiger partial charge in [-0.05, 0) is 13.8 Å². The first-order valence-corrected chi connectivity index (χ1v) is 3.89. The number of nitrogens with one attached hydrogen (secondary N) is 1. The van der Waals surface area contributed by atoms with E-state index in [2.05, 4.69) is 15.0 Å². The van der Waals surface area contributed by atoms with Gasteiger partial charge in [-0.25, -0.2) is 0 Å². The van der Waals surface area contributed by atoms with Gasteiger partial charge in [0, 0.05) is 6.07 Å². The van der Waals surface area contributed by atoms with Crippen LogP contribution in [0.5, 0.6) is 0 Å². The molecule has 1 aromatic rings. The Bertz CT molecular complexity index is 280. The summed E-state index contributed by atoms with van der Waals surface area (Å²) in [5.74, 6) is -0.354. The third-order valence-corrected chi connectivity index (χ3v) is 1.52. The topological polar surface area (TPSA) is 75.4 Å². The number of aromatic nitrogens is 1. The first kappa shape index (κ1) is 9.73. The molecule has 0 atom stereocenters. The smallest absolute Gasteiger partial charge is 0.273 e.